The number of aromatic amines is 1. The van der Waals surface area contributed by atoms with E-state index in [1.54, 1.807) is 18.0 Å². The monoisotopic (exact) mass is 299 g/mol. The second-order valence-electron chi connectivity index (χ2n) is 4.77. The zero-order valence-electron chi connectivity index (χ0n) is 11.8. The molecule has 1 atom stereocenters. The van der Waals surface area contributed by atoms with Gasteiger partial charge in [0.15, 0.2) is 0 Å². The second kappa shape index (κ2) is 6.58. The van der Waals surface area contributed by atoms with Gasteiger partial charge in [-0.25, -0.2) is 4.98 Å². The summed E-state index contributed by atoms with van der Waals surface area (Å²) in [4.78, 5) is 4.53. The van der Waals surface area contributed by atoms with Crippen molar-refractivity contribution >= 4 is 11.8 Å². The highest BCUT2D eigenvalue weighted by Gasteiger charge is 2.13. The number of nitrogens with one attached hydrogen (secondary N) is 1. The number of hydrogen-bond acceptors (Lipinski definition) is 4. The average molecular weight is 299 g/mol. The number of thioether (sulfide) groups is 1. The Bertz CT molecular complexity index is 662. The Balaban J connectivity index is 1.66. The number of hydrogen-bond donors (Lipinski definition) is 1. The van der Waals surface area contributed by atoms with Crippen LogP contribution < -0.4 is 0 Å². The van der Waals surface area contributed by atoms with Crippen LogP contribution in [0.15, 0.2) is 53.9 Å². The Morgan fingerprint density at radius 2 is 2.14 bits per heavy atom. The summed E-state index contributed by atoms with van der Waals surface area (Å²) in [6, 6.07) is 10.5. The molecule has 0 fully saturated rings. The Labute approximate surface area is 127 Å². The van der Waals surface area contributed by atoms with Crippen LogP contribution in [0.5, 0.6) is 0 Å². The Hall–Kier alpha value is -2.08. The van der Waals surface area contributed by atoms with Gasteiger partial charge in [-0.3, -0.25) is 0 Å². The largest absolute Gasteiger partial charge is 0.334 e. The van der Waals surface area contributed by atoms with Crippen molar-refractivity contribution < 1.29 is 0 Å². The van der Waals surface area contributed by atoms with Crippen LogP contribution in [-0.2, 0) is 6.54 Å². The van der Waals surface area contributed by atoms with E-state index in [-0.39, 0.29) is 0 Å². The summed E-state index contributed by atoms with van der Waals surface area (Å²) in [5.41, 5.74) is 1.29. The van der Waals surface area contributed by atoms with Gasteiger partial charge >= 0.3 is 0 Å². The number of imidazole rings is 1. The zero-order valence-corrected chi connectivity index (χ0v) is 12.6. The van der Waals surface area contributed by atoms with Crippen LogP contribution in [-0.4, -0.2) is 30.7 Å². The standard InChI is InChI=1S/C15H17N5S/c1-12(13-5-3-2-4-6-13)15-16-7-8-20(15)9-10-21-14-11-17-19-18-14/h2-8,11-12H,9-10H2,1H3,(H,17,18,19). The van der Waals surface area contributed by atoms with E-state index in [4.69, 9.17) is 0 Å². The molecule has 108 valence electrons. The van der Waals surface area contributed by atoms with Crippen molar-refractivity contribution in [3.8, 4) is 0 Å². The van der Waals surface area contributed by atoms with Gasteiger partial charge in [-0.2, -0.15) is 10.3 Å². The molecule has 21 heavy (non-hydrogen) atoms. The molecule has 2 heterocycles. The highest BCUT2D eigenvalue weighted by molar-refractivity contribution is 7.99. The van der Waals surface area contributed by atoms with E-state index >= 15 is 0 Å². The Morgan fingerprint density at radius 3 is 2.90 bits per heavy atom. The van der Waals surface area contributed by atoms with Crippen LogP contribution in [0, 0.1) is 0 Å². The molecule has 0 aliphatic carbocycles. The van der Waals surface area contributed by atoms with Gasteiger partial charge in [-0.05, 0) is 5.56 Å². The van der Waals surface area contributed by atoms with Gasteiger partial charge in [0.25, 0.3) is 0 Å². The summed E-state index contributed by atoms with van der Waals surface area (Å²) in [5, 5.41) is 11.4. The first-order valence-electron chi connectivity index (χ1n) is 6.89. The predicted octanol–water partition coefficient (Wildman–Crippen LogP) is 2.95. The third kappa shape index (κ3) is 3.33. The Morgan fingerprint density at radius 1 is 1.29 bits per heavy atom. The molecule has 0 amide bonds. The van der Waals surface area contributed by atoms with Crippen molar-refractivity contribution in [1.82, 2.24) is 25.0 Å². The van der Waals surface area contributed by atoms with Crippen LogP contribution in [0.2, 0.25) is 0 Å². The number of nitrogens with zero attached hydrogens (tertiary/aromatic N) is 4. The van der Waals surface area contributed by atoms with Crippen molar-refractivity contribution in [2.45, 2.75) is 24.4 Å². The van der Waals surface area contributed by atoms with Gasteiger partial charge in [0.05, 0.1) is 6.20 Å². The lowest BCUT2D eigenvalue weighted by atomic mass is 10.0. The molecule has 0 saturated heterocycles. The van der Waals surface area contributed by atoms with Gasteiger partial charge in [-0.15, -0.1) is 16.9 Å². The summed E-state index contributed by atoms with van der Waals surface area (Å²) in [6.45, 7) is 3.10. The molecule has 2 aromatic heterocycles. The minimum atomic E-state index is 0.290. The van der Waals surface area contributed by atoms with Gasteiger partial charge in [0.2, 0.25) is 0 Å². The van der Waals surface area contributed by atoms with Crippen LogP contribution in [0.25, 0.3) is 0 Å². The van der Waals surface area contributed by atoms with E-state index in [2.05, 4.69) is 56.2 Å². The van der Waals surface area contributed by atoms with Crippen molar-refractivity contribution in [2.75, 3.05) is 5.75 Å². The molecule has 0 saturated carbocycles. The molecular formula is C15H17N5S. The van der Waals surface area contributed by atoms with Crippen molar-refractivity contribution in [1.29, 1.82) is 0 Å². The molecule has 1 N–H and O–H groups in total. The highest BCUT2D eigenvalue weighted by Crippen LogP contribution is 2.23. The molecular weight excluding hydrogens is 282 g/mol. The number of aromatic nitrogens is 5. The highest BCUT2D eigenvalue weighted by atomic mass is 32.2. The Kier molecular flexibility index (Phi) is 4.35. The first kappa shape index (κ1) is 13.9. The van der Waals surface area contributed by atoms with E-state index < -0.39 is 0 Å². The van der Waals surface area contributed by atoms with E-state index in [1.807, 2.05) is 18.5 Å². The minimum Gasteiger partial charge on any atom is -0.334 e. The molecule has 0 aliphatic rings. The first-order valence-corrected chi connectivity index (χ1v) is 7.87. The van der Waals surface area contributed by atoms with Gasteiger partial charge in [0.1, 0.15) is 10.9 Å². The fourth-order valence-corrected chi connectivity index (χ4v) is 3.02. The lowest BCUT2D eigenvalue weighted by Gasteiger charge is -2.14. The molecule has 1 aromatic carbocycles. The van der Waals surface area contributed by atoms with Crippen LogP contribution >= 0.6 is 11.8 Å². The van der Waals surface area contributed by atoms with E-state index in [0.717, 1.165) is 23.1 Å². The molecule has 3 aromatic rings. The zero-order chi connectivity index (χ0) is 14.5. The summed E-state index contributed by atoms with van der Waals surface area (Å²) in [6.07, 6.45) is 5.65. The smallest absolute Gasteiger partial charge is 0.138 e. The fourth-order valence-electron chi connectivity index (χ4n) is 2.29. The van der Waals surface area contributed by atoms with Gasteiger partial charge < -0.3 is 4.57 Å². The van der Waals surface area contributed by atoms with Crippen LogP contribution in [0.1, 0.15) is 24.2 Å². The SMILES string of the molecule is CC(c1ccccc1)c1nccn1CCSc1cn[nH]n1. The van der Waals surface area contributed by atoms with E-state index in [1.165, 1.54) is 5.56 Å². The maximum Gasteiger partial charge on any atom is 0.138 e. The van der Waals surface area contributed by atoms with Crippen LogP contribution in [0.3, 0.4) is 0 Å². The number of H-pyrrole nitrogens is 1. The summed E-state index contributed by atoms with van der Waals surface area (Å²) >= 11 is 1.69. The van der Waals surface area contributed by atoms with E-state index in [0.29, 0.717) is 5.92 Å². The number of benzene rings is 1. The predicted molar refractivity (Wildman–Crippen MR) is 83.3 cm³/mol. The fraction of sp³-hybridized carbons (Fsp3) is 0.267. The molecule has 1 unspecified atom stereocenters. The third-order valence-electron chi connectivity index (χ3n) is 3.41. The van der Waals surface area contributed by atoms with Crippen molar-refractivity contribution in [2.24, 2.45) is 0 Å². The molecule has 0 spiro atoms. The maximum atomic E-state index is 4.53. The quantitative estimate of drug-likeness (QED) is 0.711. The molecule has 0 bridgehead atoms. The summed E-state index contributed by atoms with van der Waals surface area (Å²) in [5.74, 6) is 2.33. The normalized spacial score (nSPS) is 12.4. The van der Waals surface area contributed by atoms with Gasteiger partial charge in [-0.1, -0.05) is 37.3 Å². The molecule has 0 aliphatic heterocycles. The molecule has 6 heteroatoms. The molecule has 5 nitrogen and oxygen atoms in total. The lowest BCUT2D eigenvalue weighted by molar-refractivity contribution is 0.674. The number of rotatable bonds is 6. The number of aryl methyl sites for hydroxylation is 1. The first-order chi connectivity index (χ1) is 10.3. The molecule has 3 rings (SSSR count). The maximum absolute atomic E-state index is 4.53. The topological polar surface area (TPSA) is 59.4 Å². The minimum absolute atomic E-state index is 0.290. The van der Waals surface area contributed by atoms with Crippen molar-refractivity contribution in [3.63, 3.8) is 0 Å². The van der Waals surface area contributed by atoms with Gasteiger partial charge in [0, 0.05) is 30.6 Å². The summed E-state index contributed by atoms with van der Waals surface area (Å²) in [7, 11) is 0. The third-order valence-corrected chi connectivity index (χ3v) is 4.29. The molecule has 0 radical (unpaired) electrons. The lowest BCUT2D eigenvalue weighted by Crippen LogP contribution is -2.09. The average Bonchev–Trinajstić information content (AvgIpc) is 3.19. The summed E-state index contributed by atoms with van der Waals surface area (Å²) < 4.78 is 2.21. The van der Waals surface area contributed by atoms with Crippen molar-refractivity contribution in [3.05, 3.63) is 60.3 Å². The van der Waals surface area contributed by atoms with Crippen LogP contribution in [0.4, 0.5) is 0 Å². The second-order valence-corrected chi connectivity index (χ2v) is 5.88. The van der Waals surface area contributed by atoms with E-state index in [9.17, 15) is 0 Å².